The second-order valence-corrected chi connectivity index (χ2v) is 12.4. The summed E-state index contributed by atoms with van der Waals surface area (Å²) in [4.78, 5) is 0. The molecule has 0 bridgehead atoms. The number of para-hydroxylation sites is 1. The number of hydrogen-bond acceptors (Lipinski definition) is 4. The summed E-state index contributed by atoms with van der Waals surface area (Å²) in [6.07, 6.45) is 0. The number of benzene rings is 6. The fraction of sp³-hybridized carbons (Fsp3) is 0.0769. The smallest absolute Gasteiger partial charge is 0.0655 e. The highest BCUT2D eigenvalue weighted by Crippen LogP contribution is 2.40. The maximum absolute atomic E-state index is 6.99. The zero-order chi connectivity index (χ0) is 29.5. The van der Waals surface area contributed by atoms with E-state index >= 15 is 0 Å². The van der Waals surface area contributed by atoms with Gasteiger partial charge in [-0.3, -0.25) is 5.43 Å². The number of fused-ring (bicyclic) bond motifs is 6. The average Bonchev–Trinajstić information content (AvgIpc) is 3.61. The first-order chi connectivity index (χ1) is 21.7. The summed E-state index contributed by atoms with van der Waals surface area (Å²) in [5, 5.41) is 5.18. The molecule has 0 saturated carbocycles. The molecule has 0 aliphatic rings. The van der Waals surface area contributed by atoms with Crippen LogP contribution in [0.2, 0.25) is 0 Å². The molecular formula is C39H32N4S. The predicted molar refractivity (Wildman–Crippen MR) is 186 cm³/mol. The molecule has 6 aromatic carbocycles. The maximum atomic E-state index is 6.99. The van der Waals surface area contributed by atoms with Gasteiger partial charge in [0.2, 0.25) is 0 Å². The molecule has 0 saturated heterocycles. The average molecular weight is 589 g/mol. The Morgan fingerprint density at radius 3 is 2.05 bits per heavy atom. The third-order valence-electron chi connectivity index (χ3n) is 8.62. The quantitative estimate of drug-likeness (QED) is 0.155. The van der Waals surface area contributed by atoms with E-state index in [4.69, 9.17) is 5.73 Å². The summed E-state index contributed by atoms with van der Waals surface area (Å²) >= 11 is 1.86. The topological polar surface area (TPSA) is 55.0 Å². The lowest BCUT2D eigenvalue weighted by Gasteiger charge is -2.27. The number of nitrogens with one attached hydrogen (secondary N) is 2. The zero-order valence-corrected chi connectivity index (χ0v) is 25.0. The fourth-order valence-electron chi connectivity index (χ4n) is 6.40. The van der Waals surface area contributed by atoms with Gasteiger partial charge in [0.1, 0.15) is 0 Å². The summed E-state index contributed by atoms with van der Waals surface area (Å²) in [6, 6.07) is 51.3. The minimum atomic E-state index is -0.258. The Balaban J connectivity index is 1.16. The summed E-state index contributed by atoms with van der Waals surface area (Å²) < 4.78 is 5.02. The minimum Gasteiger partial charge on any atom is -0.322 e. The van der Waals surface area contributed by atoms with Gasteiger partial charge in [-0.25, -0.2) is 5.43 Å². The highest BCUT2D eigenvalue weighted by atomic mass is 32.1. The molecule has 4 nitrogen and oxygen atoms in total. The molecule has 0 radical (unpaired) electrons. The lowest BCUT2D eigenvalue weighted by atomic mass is 9.94. The van der Waals surface area contributed by atoms with Crippen LogP contribution in [-0.2, 0) is 6.54 Å². The molecule has 0 aliphatic heterocycles. The molecule has 8 aromatic rings. The molecule has 2 aromatic heterocycles. The van der Waals surface area contributed by atoms with Crippen molar-refractivity contribution in [2.45, 2.75) is 18.6 Å². The number of nitrogens with two attached hydrogens (primary N) is 1. The first-order valence-corrected chi connectivity index (χ1v) is 15.8. The predicted octanol–water partition coefficient (Wildman–Crippen LogP) is 9.19. The van der Waals surface area contributed by atoms with E-state index in [0.717, 1.165) is 16.8 Å². The summed E-state index contributed by atoms with van der Waals surface area (Å²) in [5.74, 6) is 0. The van der Waals surface area contributed by atoms with Gasteiger partial charge in [0.25, 0.3) is 0 Å². The lowest BCUT2D eigenvalue weighted by Crippen LogP contribution is -2.40. The highest BCUT2D eigenvalue weighted by molar-refractivity contribution is 7.25. The monoisotopic (exact) mass is 588 g/mol. The van der Waals surface area contributed by atoms with Crippen LogP contribution < -0.4 is 16.6 Å². The van der Waals surface area contributed by atoms with Crippen molar-refractivity contribution in [2.75, 3.05) is 0 Å². The third-order valence-corrected chi connectivity index (χ3v) is 9.75. The first-order valence-electron chi connectivity index (χ1n) is 15.0. The van der Waals surface area contributed by atoms with E-state index in [1.807, 2.05) is 23.5 Å². The number of aromatic nitrogens is 1. The molecule has 0 amide bonds. The molecule has 1 unspecified atom stereocenters. The van der Waals surface area contributed by atoms with Gasteiger partial charge in [-0.05, 0) is 53.1 Å². The van der Waals surface area contributed by atoms with Crippen LogP contribution in [0.5, 0.6) is 0 Å². The van der Waals surface area contributed by atoms with E-state index in [9.17, 15) is 0 Å². The van der Waals surface area contributed by atoms with Crippen LogP contribution in [0.15, 0.2) is 146 Å². The second kappa shape index (κ2) is 11.4. The standard InChI is InChI=1S/C39H32N4S/c40-38(39(28-13-5-2-6-14-28)42-41-25-26-11-3-1-4-12-26)27-19-21-29(22-20-27)43-34-17-9-7-15-30(34)32-23-33-31-16-8-10-18-36(31)44-37(33)24-35(32)43/h1-24,38-39,41-42H,25,40H2/t38-,39?/m0/s1. The van der Waals surface area contributed by atoms with Gasteiger partial charge < -0.3 is 10.3 Å². The largest absolute Gasteiger partial charge is 0.322 e. The molecular weight excluding hydrogens is 557 g/mol. The van der Waals surface area contributed by atoms with Gasteiger partial charge in [0.05, 0.1) is 23.1 Å². The minimum absolute atomic E-state index is 0.111. The molecule has 4 N–H and O–H groups in total. The van der Waals surface area contributed by atoms with E-state index in [1.54, 1.807) is 0 Å². The Hall–Kier alpha value is -4.78. The number of hydrazine groups is 1. The van der Waals surface area contributed by atoms with Crippen LogP contribution in [0, 0.1) is 0 Å². The van der Waals surface area contributed by atoms with Crippen molar-refractivity contribution in [3.63, 3.8) is 0 Å². The molecule has 5 heteroatoms. The first kappa shape index (κ1) is 26.8. The Kier molecular flexibility index (Phi) is 6.93. The fourth-order valence-corrected chi connectivity index (χ4v) is 7.52. The number of nitrogens with zero attached hydrogens (tertiary/aromatic N) is 1. The maximum Gasteiger partial charge on any atom is 0.0655 e. The number of rotatable bonds is 8. The molecule has 0 aliphatic carbocycles. The van der Waals surface area contributed by atoms with Gasteiger partial charge in [-0.2, -0.15) is 0 Å². The van der Waals surface area contributed by atoms with Crippen molar-refractivity contribution >= 4 is 53.3 Å². The normalized spacial score (nSPS) is 13.2. The number of hydrogen-bond donors (Lipinski definition) is 3. The third kappa shape index (κ3) is 4.77. The molecule has 8 rings (SSSR count). The van der Waals surface area contributed by atoms with Crippen molar-refractivity contribution in [3.05, 3.63) is 162 Å². The van der Waals surface area contributed by atoms with E-state index in [2.05, 4.69) is 149 Å². The molecule has 2 heterocycles. The Morgan fingerprint density at radius 1 is 0.568 bits per heavy atom. The highest BCUT2D eigenvalue weighted by Gasteiger charge is 2.22. The summed E-state index contributed by atoms with van der Waals surface area (Å²) in [6.45, 7) is 0.705. The Bertz CT molecular complexity index is 2220. The van der Waals surface area contributed by atoms with Crippen molar-refractivity contribution in [2.24, 2.45) is 5.73 Å². The Morgan fingerprint density at radius 2 is 1.25 bits per heavy atom. The van der Waals surface area contributed by atoms with Gasteiger partial charge in [-0.15, -0.1) is 11.3 Å². The van der Waals surface area contributed by atoms with Gasteiger partial charge in [0.15, 0.2) is 0 Å². The van der Waals surface area contributed by atoms with Crippen LogP contribution in [0.3, 0.4) is 0 Å². The summed E-state index contributed by atoms with van der Waals surface area (Å²) in [5.41, 5.74) is 20.9. The van der Waals surface area contributed by atoms with Crippen LogP contribution in [0.4, 0.5) is 0 Å². The van der Waals surface area contributed by atoms with E-state index in [1.165, 1.54) is 47.5 Å². The van der Waals surface area contributed by atoms with Gasteiger partial charge in [-0.1, -0.05) is 109 Å². The van der Waals surface area contributed by atoms with Crippen molar-refractivity contribution in [3.8, 4) is 5.69 Å². The Labute approximate surface area is 260 Å². The number of thiophene rings is 1. The van der Waals surface area contributed by atoms with Crippen LogP contribution in [0.25, 0.3) is 47.7 Å². The van der Waals surface area contributed by atoms with Crippen molar-refractivity contribution in [1.29, 1.82) is 0 Å². The molecule has 2 atom stereocenters. The zero-order valence-electron chi connectivity index (χ0n) is 24.2. The van der Waals surface area contributed by atoms with Crippen molar-refractivity contribution in [1.82, 2.24) is 15.4 Å². The second-order valence-electron chi connectivity index (χ2n) is 11.3. The summed E-state index contributed by atoms with van der Waals surface area (Å²) in [7, 11) is 0. The van der Waals surface area contributed by atoms with Crippen LogP contribution in [0.1, 0.15) is 28.8 Å². The van der Waals surface area contributed by atoms with E-state index < -0.39 is 0 Å². The van der Waals surface area contributed by atoms with E-state index in [-0.39, 0.29) is 12.1 Å². The van der Waals surface area contributed by atoms with Crippen LogP contribution in [-0.4, -0.2) is 4.57 Å². The SMILES string of the molecule is N[C@@H](c1ccc(-n2c3ccccc3c3cc4c(cc32)sc2ccccc24)cc1)C(NNCc1ccccc1)c1ccccc1. The molecule has 214 valence electrons. The van der Waals surface area contributed by atoms with Crippen LogP contribution >= 0.6 is 11.3 Å². The molecule has 44 heavy (non-hydrogen) atoms. The lowest BCUT2D eigenvalue weighted by molar-refractivity contribution is 0.385. The van der Waals surface area contributed by atoms with Crippen molar-refractivity contribution < 1.29 is 0 Å². The van der Waals surface area contributed by atoms with E-state index in [0.29, 0.717) is 6.54 Å². The van der Waals surface area contributed by atoms with Gasteiger partial charge >= 0.3 is 0 Å². The molecule has 0 fully saturated rings. The van der Waals surface area contributed by atoms with Gasteiger partial charge in [0, 0.05) is 43.2 Å². The molecule has 0 spiro atoms.